The lowest BCUT2D eigenvalue weighted by Crippen LogP contribution is -2.26. The zero-order chi connectivity index (χ0) is 13.3. The molecule has 0 saturated heterocycles. The van der Waals surface area contributed by atoms with Crippen molar-refractivity contribution in [3.05, 3.63) is 18.2 Å². The zero-order valence-corrected chi connectivity index (χ0v) is 10.9. The second kappa shape index (κ2) is 4.41. The molecule has 0 radical (unpaired) electrons. The van der Waals surface area contributed by atoms with E-state index in [4.69, 9.17) is 0 Å². The first kappa shape index (κ1) is 12.6. The number of rotatable bonds is 2. The van der Waals surface area contributed by atoms with Gasteiger partial charge in [0.05, 0.1) is 5.69 Å². The van der Waals surface area contributed by atoms with Crippen LogP contribution in [0, 0.1) is 0 Å². The molecule has 0 saturated carbocycles. The summed E-state index contributed by atoms with van der Waals surface area (Å²) in [6.07, 6.45) is 1.30. The molecule has 6 nitrogen and oxygen atoms in total. The number of carbonyl (C=O) groups is 1. The summed E-state index contributed by atoms with van der Waals surface area (Å²) in [5, 5.41) is 2.55. The molecule has 18 heavy (non-hydrogen) atoms. The van der Waals surface area contributed by atoms with Crippen molar-refractivity contribution < 1.29 is 13.2 Å². The third-order valence-corrected chi connectivity index (χ3v) is 3.79. The second-order valence-corrected chi connectivity index (χ2v) is 5.45. The minimum atomic E-state index is -3.67. The Labute approximate surface area is 105 Å². The molecule has 0 spiro atoms. The molecular formula is C11H13N3O3S. The van der Waals surface area contributed by atoms with Crippen molar-refractivity contribution in [3.63, 3.8) is 0 Å². The minimum Gasteiger partial charge on any atom is -0.331 e. The Morgan fingerprint density at radius 1 is 1.44 bits per heavy atom. The van der Waals surface area contributed by atoms with Crippen LogP contribution in [0.2, 0.25) is 0 Å². The maximum atomic E-state index is 11.8. The molecule has 96 valence electrons. The molecule has 1 aliphatic rings. The number of benzene rings is 1. The number of hydrogen-bond acceptors (Lipinski definition) is 4. The van der Waals surface area contributed by atoms with Gasteiger partial charge in [0.2, 0.25) is 5.91 Å². The van der Waals surface area contributed by atoms with Crippen LogP contribution in [0.4, 0.5) is 11.4 Å². The molecule has 1 aliphatic heterocycles. The third-order valence-electron chi connectivity index (χ3n) is 2.53. The smallest absolute Gasteiger partial charge is 0.285 e. The van der Waals surface area contributed by atoms with Gasteiger partial charge in [0.1, 0.15) is 11.2 Å². The molecule has 1 amide bonds. The molecule has 0 bridgehead atoms. The number of hydrogen-bond donors (Lipinski definition) is 1. The van der Waals surface area contributed by atoms with Gasteiger partial charge in [0.15, 0.2) is 0 Å². The van der Waals surface area contributed by atoms with Gasteiger partial charge in [-0.15, -0.1) is 4.40 Å². The van der Waals surface area contributed by atoms with Crippen LogP contribution in [0.5, 0.6) is 0 Å². The fourth-order valence-corrected chi connectivity index (χ4v) is 2.81. The lowest BCUT2D eigenvalue weighted by atomic mass is 10.2. The van der Waals surface area contributed by atoms with Gasteiger partial charge in [-0.2, -0.15) is 8.42 Å². The van der Waals surface area contributed by atoms with Crippen molar-refractivity contribution in [1.29, 1.82) is 0 Å². The van der Waals surface area contributed by atoms with E-state index in [1.807, 2.05) is 6.92 Å². The lowest BCUT2D eigenvalue weighted by molar-refractivity contribution is -0.114. The van der Waals surface area contributed by atoms with Gasteiger partial charge in [0.25, 0.3) is 10.0 Å². The average Bonchev–Trinajstić information content (AvgIpc) is 2.29. The molecule has 0 atom stereocenters. The Morgan fingerprint density at radius 2 is 2.17 bits per heavy atom. The molecule has 1 aromatic carbocycles. The van der Waals surface area contributed by atoms with E-state index in [0.717, 1.165) is 0 Å². The predicted molar refractivity (Wildman–Crippen MR) is 69.4 cm³/mol. The van der Waals surface area contributed by atoms with Gasteiger partial charge in [-0.1, -0.05) is 0 Å². The molecule has 0 fully saturated rings. The second-order valence-electron chi connectivity index (χ2n) is 3.85. The Hall–Kier alpha value is -1.89. The van der Waals surface area contributed by atoms with Crippen LogP contribution < -0.4 is 10.2 Å². The van der Waals surface area contributed by atoms with E-state index in [1.54, 1.807) is 17.0 Å². The molecule has 1 heterocycles. The summed E-state index contributed by atoms with van der Waals surface area (Å²) >= 11 is 0. The SMILES string of the molecule is CCN1C=NS(=O)(=O)c2cc(NC(C)=O)ccc21. The highest BCUT2D eigenvalue weighted by atomic mass is 32.2. The number of carbonyl (C=O) groups excluding carboxylic acids is 1. The molecule has 1 N–H and O–H groups in total. The van der Waals surface area contributed by atoms with E-state index in [-0.39, 0.29) is 10.8 Å². The Kier molecular flexibility index (Phi) is 3.08. The number of nitrogens with one attached hydrogen (secondary N) is 1. The maximum Gasteiger partial charge on any atom is 0.285 e. The number of sulfonamides is 1. The van der Waals surface area contributed by atoms with Crippen LogP contribution in [0.25, 0.3) is 0 Å². The van der Waals surface area contributed by atoms with Gasteiger partial charge in [-0.3, -0.25) is 4.79 Å². The van der Waals surface area contributed by atoms with E-state index >= 15 is 0 Å². The van der Waals surface area contributed by atoms with Crippen molar-refractivity contribution in [2.45, 2.75) is 18.7 Å². The number of amides is 1. The van der Waals surface area contributed by atoms with Crippen molar-refractivity contribution in [3.8, 4) is 0 Å². The van der Waals surface area contributed by atoms with Gasteiger partial charge in [0, 0.05) is 19.2 Å². The van der Waals surface area contributed by atoms with E-state index in [2.05, 4.69) is 9.71 Å². The van der Waals surface area contributed by atoms with E-state index in [0.29, 0.717) is 17.9 Å². The summed E-state index contributed by atoms with van der Waals surface area (Å²) in [4.78, 5) is 12.8. The van der Waals surface area contributed by atoms with Gasteiger partial charge in [-0.05, 0) is 25.1 Å². The van der Waals surface area contributed by atoms with E-state index in [1.165, 1.54) is 19.3 Å². The first-order valence-corrected chi connectivity index (χ1v) is 6.87. The van der Waals surface area contributed by atoms with Gasteiger partial charge >= 0.3 is 0 Å². The summed E-state index contributed by atoms with van der Waals surface area (Å²) in [5.41, 5.74) is 1.01. The first-order chi connectivity index (χ1) is 8.44. The van der Waals surface area contributed by atoms with Crippen molar-refractivity contribution in [2.75, 3.05) is 16.8 Å². The highest BCUT2D eigenvalue weighted by molar-refractivity contribution is 7.90. The molecule has 2 rings (SSSR count). The monoisotopic (exact) mass is 267 g/mol. The van der Waals surface area contributed by atoms with Crippen LogP contribution in [-0.2, 0) is 14.8 Å². The topological polar surface area (TPSA) is 78.8 Å². The molecule has 0 unspecified atom stereocenters. The fourth-order valence-electron chi connectivity index (χ4n) is 1.73. The summed E-state index contributed by atoms with van der Waals surface area (Å²) in [6, 6.07) is 4.75. The quantitative estimate of drug-likeness (QED) is 0.873. The first-order valence-electron chi connectivity index (χ1n) is 5.43. The Balaban J connectivity index is 2.54. The third kappa shape index (κ3) is 2.21. The highest BCUT2D eigenvalue weighted by Crippen LogP contribution is 2.31. The van der Waals surface area contributed by atoms with E-state index < -0.39 is 10.0 Å². The summed E-state index contributed by atoms with van der Waals surface area (Å²) in [5.74, 6) is -0.251. The van der Waals surface area contributed by atoms with Crippen LogP contribution in [0.3, 0.4) is 0 Å². The zero-order valence-electron chi connectivity index (χ0n) is 10.0. The predicted octanol–water partition coefficient (Wildman–Crippen LogP) is 1.20. The lowest BCUT2D eigenvalue weighted by Gasteiger charge is -2.24. The van der Waals surface area contributed by atoms with Crippen LogP contribution in [0.15, 0.2) is 27.5 Å². The van der Waals surface area contributed by atoms with Crippen molar-refractivity contribution in [2.24, 2.45) is 4.40 Å². The van der Waals surface area contributed by atoms with Gasteiger partial charge in [-0.25, -0.2) is 0 Å². The van der Waals surface area contributed by atoms with Crippen LogP contribution >= 0.6 is 0 Å². The highest BCUT2D eigenvalue weighted by Gasteiger charge is 2.25. The number of anilines is 2. The van der Waals surface area contributed by atoms with Crippen LogP contribution in [-0.4, -0.2) is 27.2 Å². The van der Waals surface area contributed by atoms with E-state index in [9.17, 15) is 13.2 Å². The minimum absolute atomic E-state index is 0.109. The molecule has 1 aromatic rings. The Morgan fingerprint density at radius 3 is 2.78 bits per heavy atom. The normalized spacial score (nSPS) is 16.2. The fraction of sp³-hybridized carbons (Fsp3) is 0.273. The molecule has 7 heteroatoms. The number of fused-ring (bicyclic) bond motifs is 1. The van der Waals surface area contributed by atoms with Crippen LogP contribution in [0.1, 0.15) is 13.8 Å². The standard InChI is InChI=1S/C11H13N3O3S/c1-3-14-7-12-18(16,17)11-6-9(13-8(2)15)4-5-10(11)14/h4-7H,3H2,1-2H3,(H,13,15). The molecule has 0 aromatic heterocycles. The molecular weight excluding hydrogens is 254 g/mol. The van der Waals surface area contributed by atoms with Gasteiger partial charge < -0.3 is 10.2 Å². The average molecular weight is 267 g/mol. The van der Waals surface area contributed by atoms with Crippen molar-refractivity contribution in [1.82, 2.24) is 0 Å². The largest absolute Gasteiger partial charge is 0.331 e. The molecule has 0 aliphatic carbocycles. The maximum absolute atomic E-state index is 11.8. The summed E-state index contributed by atoms with van der Waals surface area (Å²) in [6.45, 7) is 3.88. The Bertz CT molecular complexity index is 622. The summed E-state index contributed by atoms with van der Waals surface area (Å²) < 4.78 is 27.2. The number of nitrogens with zero attached hydrogens (tertiary/aromatic N) is 2. The van der Waals surface area contributed by atoms with Crippen molar-refractivity contribution >= 4 is 33.6 Å². The summed E-state index contributed by atoms with van der Waals surface area (Å²) in [7, 11) is -3.67.